The van der Waals surface area contributed by atoms with Crippen molar-refractivity contribution >= 4 is 5.91 Å². The van der Waals surface area contributed by atoms with E-state index in [1.54, 1.807) is 12.1 Å². The summed E-state index contributed by atoms with van der Waals surface area (Å²) in [6, 6.07) is 7.23. The fourth-order valence-corrected chi connectivity index (χ4v) is 1.87. The van der Waals surface area contributed by atoms with Crippen LogP contribution in [0.1, 0.15) is 36.7 Å². The van der Waals surface area contributed by atoms with Crippen LogP contribution in [-0.4, -0.2) is 12.4 Å². The lowest BCUT2D eigenvalue weighted by Gasteiger charge is -2.37. The number of benzene rings is 1. The van der Waals surface area contributed by atoms with Gasteiger partial charge in [-0.25, -0.2) is 0 Å². The third-order valence-corrected chi connectivity index (χ3v) is 2.90. The molecule has 0 spiro atoms. The fraction of sp³-hybridized carbons (Fsp3) is 0.417. The Balaban J connectivity index is 2.66. The van der Waals surface area contributed by atoms with E-state index in [9.17, 15) is 4.79 Å². The Morgan fingerprint density at radius 1 is 1.40 bits per heavy atom. The summed E-state index contributed by atoms with van der Waals surface area (Å²) in [5, 5.41) is 7.65. The number of aliphatic hydroxyl groups is 1. The van der Waals surface area contributed by atoms with Gasteiger partial charge in [-0.05, 0) is 6.07 Å². The number of carbonyl (C=O) groups excluding carboxylic acids is 1. The molecule has 0 bridgehead atoms. The molecule has 1 aromatic carbocycles. The smallest absolute Gasteiger partial charge is 0.254 e. The Labute approximate surface area is 90.6 Å². The largest absolute Gasteiger partial charge is 0.366 e. The van der Waals surface area contributed by atoms with E-state index < -0.39 is 11.1 Å². The number of amides is 1. The number of hydrogen-bond acceptors (Lipinski definition) is 2. The predicted molar refractivity (Wildman–Crippen MR) is 57.3 cm³/mol. The molecule has 0 radical (unpaired) electrons. The molecule has 1 unspecified atom stereocenters. The maximum absolute atomic E-state index is 11.8. The SMILES string of the molecule is [2H]OC1(C(C)(C)C)NC(=O)c2ccccc21. The van der Waals surface area contributed by atoms with E-state index in [1.807, 2.05) is 32.9 Å². The van der Waals surface area contributed by atoms with E-state index in [0.29, 0.717) is 5.56 Å². The van der Waals surface area contributed by atoms with Crippen molar-refractivity contribution in [3.63, 3.8) is 0 Å². The molecule has 0 saturated heterocycles. The van der Waals surface area contributed by atoms with Crippen molar-refractivity contribution in [3.8, 4) is 0 Å². The molecule has 1 aliphatic heterocycles. The lowest BCUT2D eigenvalue weighted by atomic mass is 9.79. The molecule has 1 aliphatic rings. The van der Waals surface area contributed by atoms with Crippen molar-refractivity contribution in [2.24, 2.45) is 5.41 Å². The molecule has 2 rings (SSSR count). The van der Waals surface area contributed by atoms with Crippen LogP contribution in [0.5, 0.6) is 0 Å². The summed E-state index contributed by atoms with van der Waals surface area (Å²) < 4.78 is 7.31. The summed E-state index contributed by atoms with van der Waals surface area (Å²) in [5.41, 5.74) is -0.121. The van der Waals surface area contributed by atoms with Gasteiger partial charge in [-0.15, -0.1) is 0 Å². The van der Waals surface area contributed by atoms with Crippen molar-refractivity contribution in [1.82, 2.24) is 5.32 Å². The molecule has 0 aromatic heterocycles. The molecule has 1 amide bonds. The van der Waals surface area contributed by atoms with Gasteiger partial charge in [0.15, 0.2) is 5.72 Å². The second-order valence-electron chi connectivity index (χ2n) is 4.93. The normalized spacial score (nSPS) is 25.8. The van der Waals surface area contributed by atoms with Gasteiger partial charge in [0, 0.05) is 16.5 Å². The van der Waals surface area contributed by atoms with Gasteiger partial charge in [-0.1, -0.05) is 39.0 Å². The molecule has 3 heteroatoms. The van der Waals surface area contributed by atoms with Gasteiger partial charge in [0.25, 0.3) is 5.91 Å². The summed E-state index contributed by atoms with van der Waals surface area (Å²) in [4.78, 5) is 11.8. The van der Waals surface area contributed by atoms with Crippen LogP contribution in [0.15, 0.2) is 24.3 Å². The highest BCUT2D eigenvalue weighted by Gasteiger charge is 2.49. The predicted octanol–water partition coefficient (Wildman–Crippen LogP) is 1.62. The van der Waals surface area contributed by atoms with Crippen molar-refractivity contribution < 1.29 is 9.90 Å². The van der Waals surface area contributed by atoms with Crippen molar-refractivity contribution in [1.29, 1.82) is 1.43 Å². The van der Waals surface area contributed by atoms with Gasteiger partial charge in [0.1, 0.15) is 0 Å². The zero-order chi connectivity index (χ0) is 12.0. The number of hydrogen-bond donors (Lipinski definition) is 2. The molecule has 0 saturated carbocycles. The van der Waals surface area contributed by atoms with E-state index in [-0.39, 0.29) is 5.91 Å². The number of fused-ring (bicyclic) bond motifs is 1. The molecule has 80 valence electrons. The average molecular weight is 206 g/mol. The van der Waals surface area contributed by atoms with Gasteiger partial charge >= 0.3 is 0 Å². The lowest BCUT2D eigenvalue weighted by Crippen LogP contribution is -2.49. The summed E-state index contributed by atoms with van der Waals surface area (Å²) in [6.07, 6.45) is 0. The first-order chi connectivity index (χ1) is 7.42. The molecule has 1 aromatic rings. The fourth-order valence-electron chi connectivity index (χ4n) is 1.87. The highest BCUT2D eigenvalue weighted by atomic mass is 16.3. The Morgan fingerprint density at radius 3 is 2.67 bits per heavy atom. The van der Waals surface area contributed by atoms with E-state index in [0.717, 1.165) is 5.56 Å². The third-order valence-electron chi connectivity index (χ3n) is 2.90. The van der Waals surface area contributed by atoms with Gasteiger partial charge in [0.2, 0.25) is 1.43 Å². The molecule has 2 N–H and O–H groups in total. The van der Waals surface area contributed by atoms with E-state index in [1.165, 1.54) is 0 Å². The minimum Gasteiger partial charge on any atom is -0.366 e. The zero-order valence-electron chi connectivity index (χ0n) is 10.1. The van der Waals surface area contributed by atoms with Crippen LogP contribution in [0, 0.1) is 5.41 Å². The molecular formula is C12H15NO2. The maximum Gasteiger partial charge on any atom is 0.254 e. The highest BCUT2D eigenvalue weighted by molar-refractivity contribution is 5.99. The standard InChI is InChI=1S/C12H15NO2/c1-11(2,3)12(15)9-7-5-4-6-8(9)10(14)13-12/h4-7,15H,1-3H3,(H,13,14)/i15D. The molecule has 1 heterocycles. The highest BCUT2D eigenvalue weighted by Crippen LogP contribution is 2.41. The van der Waals surface area contributed by atoms with Gasteiger partial charge < -0.3 is 10.4 Å². The van der Waals surface area contributed by atoms with Gasteiger partial charge in [-0.2, -0.15) is 0 Å². The first-order valence-electron chi connectivity index (χ1n) is 5.39. The molecule has 3 nitrogen and oxygen atoms in total. The van der Waals surface area contributed by atoms with Crippen molar-refractivity contribution in [3.05, 3.63) is 35.4 Å². The van der Waals surface area contributed by atoms with Gasteiger partial charge in [0.05, 0.1) is 0 Å². The second kappa shape index (κ2) is 2.83. The van der Waals surface area contributed by atoms with E-state index in [4.69, 9.17) is 6.54 Å². The second-order valence-corrected chi connectivity index (χ2v) is 4.93. The van der Waals surface area contributed by atoms with E-state index in [2.05, 4.69) is 5.32 Å². The molecular weight excluding hydrogens is 190 g/mol. The Bertz CT molecular complexity index is 439. The summed E-state index contributed by atoms with van der Waals surface area (Å²) >= 11 is 0. The zero-order valence-corrected chi connectivity index (χ0v) is 9.13. The Kier molecular flexibility index (Phi) is 1.68. The Hall–Kier alpha value is -1.35. The number of rotatable bonds is 1. The van der Waals surface area contributed by atoms with Crippen LogP contribution in [-0.2, 0) is 5.72 Å². The summed E-state index contributed by atoms with van der Waals surface area (Å²) in [6.45, 7) is 5.80. The Morgan fingerprint density at radius 2 is 2.07 bits per heavy atom. The average Bonchev–Trinajstić information content (AvgIpc) is 2.53. The van der Waals surface area contributed by atoms with Crippen molar-refractivity contribution in [2.45, 2.75) is 26.5 Å². The number of carbonyl (C=O) groups is 1. The minimum absolute atomic E-state index is 0.183. The quantitative estimate of drug-likeness (QED) is 0.733. The maximum atomic E-state index is 11.8. The molecule has 0 aliphatic carbocycles. The molecule has 1 atom stereocenters. The third kappa shape index (κ3) is 1.27. The number of nitrogens with one attached hydrogen (secondary N) is 1. The van der Waals surface area contributed by atoms with Crippen LogP contribution in [0.4, 0.5) is 0 Å². The van der Waals surface area contributed by atoms with Crippen LogP contribution in [0.25, 0.3) is 0 Å². The molecule has 0 fully saturated rings. The van der Waals surface area contributed by atoms with Crippen LogP contribution >= 0.6 is 0 Å². The first-order valence-corrected chi connectivity index (χ1v) is 4.99. The first kappa shape index (κ1) is 8.92. The monoisotopic (exact) mass is 206 g/mol. The summed E-state index contributed by atoms with van der Waals surface area (Å²) in [7, 11) is 0. The van der Waals surface area contributed by atoms with Crippen LogP contribution in [0.3, 0.4) is 0 Å². The lowest BCUT2D eigenvalue weighted by molar-refractivity contribution is -0.0785. The van der Waals surface area contributed by atoms with Gasteiger partial charge in [-0.3, -0.25) is 4.79 Å². The molecule has 15 heavy (non-hydrogen) atoms. The van der Waals surface area contributed by atoms with Crippen LogP contribution < -0.4 is 5.32 Å². The summed E-state index contributed by atoms with van der Waals surface area (Å²) in [5.74, 6) is -0.183. The minimum atomic E-state index is -1.05. The topological polar surface area (TPSA) is 49.3 Å². The van der Waals surface area contributed by atoms with Crippen molar-refractivity contribution in [2.75, 3.05) is 0 Å². The van der Waals surface area contributed by atoms with Crippen LogP contribution in [0.2, 0.25) is 0 Å². The van der Waals surface area contributed by atoms with E-state index >= 15 is 0 Å².